The molecule has 4 rings (SSSR count). The molecule has 0 aliphatic carbocycles. The number of H-pyrrole nitrogens is 1. The van der Waals surface area contributed by atoms with E-state index in [9.17, 15) is 14.0 Å². The summed E-state index contributed by atoms with van der Waals surface area (Å²) in [6.45, 7) is 2.11. The largest absolute Gasteiger partial charge is 0.497 e. The van der Waals surface area contributed by atoms with Gasteiger partial charge in [-0.1, -0.05) is 0 Å². The van der Waals surface area contributed by atoms with Gasteiger partial charge in [0.15, 0.2) is 0 Å². The van der Waals surface area contributed by atoms with Crippen LogP contribution in [0.25, 0.3) is 10.9 Å². The fourth-order valence-electron chi connectivity index (χ4n) is 4.06. The zero-order chi connectivity index (χ0) is 22.1. The third-order valence-corrected chi connectivity index (χ3v) is 5.69. The molecule has 0 saturated carbocycles. The summed E-state index contributed by atoms with van der Waals surface area (Å²) in [6.07, 6.45) is 1.59. The lowest BCUT2D eigenvalue weighted by molar-refractivity contribution is -0.115. The monoisotopic (exact) mass is 425 g/mol. The number of carbonyl (C=O) groups is 2. The molecule has 0 spiro atoms. The number of methoxy groups -OCH3 is 2. The average Bonchev–Trinajstić information content (AvgIpc) is 3.12. The molecule has 162 valence electrons. The summed E-state index contributed by atoms with van der Waals surface area (Å²) in [7, 11) is 2.84. The minimum Gasteiger partial charge on any atom is -0.497 e. The van der Waals surface area contributed by atoms with E-state index in [1.807, 2.05) is 11.8 Å². The number of ether oxygens (including phenoxy) is 2. The van der Waals surface area contributed by atoms with Crippen molar-refractivity contribution in [2.45, 2.75) is 25.8 Å². The number of anilines is 2. The van der Waals surface area contributed by atoms with Crippen molar-refractivity contribution in [2.75, 3.05) is 31.0 Å². The van der Waals surface area contributed by atoms with Crippen molar-refractivity contribution in [2.24, 2.45) is 0 Å². The first-order valence-electron chi connectivity index (χ1n) is 10.0. The highest BCUT2D eigenvalue weighted by atomic mass is 19.1. The van der Waals surface area contributed by atoms with Crippen LogP contribution in [-0.4, -0.2) is 43.7 Å². The number of carbonyl (C=O) groups excluding carboxylic acids is 2. The van der Waals surface area contributed by atoms with Crippen molar-refractivity contribution in [1.29, 1.82) is 0 Å². The molecule has 3 aromatic rings. The van der Waals surface area contributed by atoms with Crippen molar-refractivity contribution in [3.63, 3.8) is 0 Å². The zero-order valence-corrected chi connectivity index (χ0v) is 17.6. The Morgan fingerprint density at radius 3 is 2.77 bits per heavy atom. The van der Waals surface area contributed by atoms with E-state index in [-0.39, 0.29) is 30.0 Å². The number of amides is 1. The molecular weight excluding hydrogens is 401 g/mol. The van der Waals surface area contributed by atoms with Crippen LogP contribution in [0.4, 0.5) is 15.8 Å². The van der Waals surface area contributed by atoms with Crippen molar-refractivity contribution in [3.05, 3.63) is 53.5 Å². The highest BCUT2D eigenvalue weighted by molar-refractivity contribution is 6.11. The maximum Gasteiger partial charge on any atom is 0.356 e. The summed E-state index contributed by atoms with van der Waals surface area (Å²) in [5.41, 5.74) is 2.90. The number of hydrogen-bond acceptors (Lipinski definition) is 5. The maximum atomic E-state index is 13.6. The van der Waals surface area contributed by atoms with Gasteiger partial charge < -0.3 is 24.7 Å². The number of halogens is 1. The summed E-state index contributed by atoms with van der Waals surface area (Å²) >= 11 is 0. The minimum absolute atomic E-state index is 0.0727. The van der Waals surface area contributed by atoms with Crippen molar-refractivity contribution in [1.82, 2.24) is 4.98 Å². The summed E-state index contributed by atoms with van der Waals surface area (Å²) < 4.78 is 23.7. The van der Waals surface area contributed by atoms with Gasteiger partial charge in [-0.3, -0.25) is 4.79 Å². The van der Waals surface area contributed by atoms with Crippen LogP contribution in [0.2, 0.25) is 0 Å². The van der Waals surface area contributed by atoms with Crippen LogP contribution in [0.15, 0.2) is 36.4 Å². The van der Waals surface area contributed by atoms with Gasteiger partial charge in [0.05, 0.1) is 32.0 Å². The predicted molar refractivity (Wildman–Crippen MR) is 116 cm³/mol. The molecular formula is C23H24FN3O4. The third-order valence-electron chi connectivity index (χ3n) is 5.69. The number of nitrogens with one attached hydrogen (secondary N) is 2. The van der Waals surface area contributed by atoms with Crippen LogP contribution in [0.5, 0.6) is 5.75 Å². The fourth-order valence-corrected chi connectivity index (χ4v) is 4.06. The maximum absolute atomic E-state index is 13.6. The van der Waals surface area contributed by atoms with Crippen molar-refractivity contribution < 1.29 is 23.5 Å². The van der Waals surface area contributed by atoms with E-state index >= 15 is 0 Å². The molecule has 0 radical (unpaired) electrons. The smallest absolute Gasteiger partial charge is 0.356 e. The van der Waals surface area contributed by atoms with Gasteiger partial charge in [-0.25, -0.2) is 9.18 Å². The molecule has 1 atom stereocenters. The molecule has 0 saturated heterocycles. The minimum atomic E-state index is -0.586. The highest BCUT2D eigenvalue weighted by Gasteiger charge is 2.27. The Morgan fingerprint density at radius 1 is 1.23 bits per heavy atom. The molecule has 2 aromatic carbocycles. The van der Waals surface area contributed by atoms with Gasteiger partial charge in [-0.2, -0.15) is 0 Å². The molecule has 0 fully saturated rings. The van der Waals surface area contributed by atoms with E-state index in [2.05, 4.69) is 10.3 Å². The number of benzene rings is 2. The number of nitrogens with zero attached hydrogens (tertiary/aromatic N) is 1. The van der Waals surface area contributed by atoms with Crippen LogP contribution in [-0.2, 0) is 16.0 Å². The first-order chi connectivity index (χ1) is 14.9. The lowest BCUT2D eigenvalue weighted by Gasteiger charge is -2.36. The Morgan fingerprint density at radius 2 is 2.03 bits per heavy atom. The number of fused-ring (bicyclic) bond motifs is 2. The second kappa shape index (κ2) is 8.29. The molecule has 1 amide bonds. The molecule has 31 heavy (non-hydrogen) atoms. The number of rotatable bonds is 5. The van der Waals surface area contributed by atoms with Crippen molar-refractivity contribution >= 4 is 34.2 Å². The van der Waals surface area contributed by atoms with Gasteiger partial charge >= 0.3 is 5.97 Å². The van der Waals surface area contributed by atoms with E-state index in [1.165, 1.54) is 19.2 Å². The van der Waals surface area contributed by atoms with E-state index in [0.29, 0.717) is 22.3 Å². The standard InChI is InChI=1S/C23H24FN3O4/c1-13-4-5-14-10-15(24)6-9-19(14)27(13)12-20(28)26-21-17-8-7-16(30-2)11-18(17)25-22(21)23(29)31-3/h6-11,13,25H,4-5,12H2,1-3H3,(H,26,28)/t13-/m0/s1. The summed E-state index contributed by atoms with van der Waals surface area (Å²) in [6, 6.07) is 10.0. The molecule has 0 unspecified atom stereocenters. The van der Waals surface area contributed by atoms with Gasteiger partial charge in [0.1, 0.15) is 17.3 Å². The molecule has 1 aliphatic rings. The first kappa shape index (κ1) is 20.7. The van der Waals surface area contributed by atoms with Crippen LogP contribution in [0.1, 0.15) is 29.4 Å². The second-order valence-electron chi connectivity index (χ2n) is 7.61. The molecule has 1 aromatic heterocycles. The van der Waals surface area contributed by atoms with Gasteiger partial charge in [0.25, 0.3) is 0 Å². The van der Waals surface area contributed by atoms with Gasteiger partial charge in [0.2, 0.25) is 5.91 Å². The van der Waals surface area contributed by atoms with Crippen LogP contribution >= 0.6 is 0 Å². The molecule has 1 aliphatic heterocycles. The normalized spacial score (nSPS) is 15.5. The topological polar surface area (TPSA) is 83.7 Å². The molecule has 2 heterocycles. The van der Waals surface area contributed by atoms with E-state index in [1.54, 1.807) is 31.4 Å². The predicted octanol–water partition coefficient (Wildman–Crippen LogP) is 3.88. The Labute approximate surface area is 179 Å². The lowest BCUT2D eigenvalue weighted by atomic mass is 9.96. The number of esters is 1. The van der Waals surface area contributed by atoms with Gasteiger partial charge in [0, 0.05) is 23.2 Å². The van der Waals surface area contributed by atoms with Crippen LogP contribution < -0.4 is 15.0 Å². The quantitative estimate of drug-likeness (QED) is 0.606. The molecule has 7 nitrogen and oxygen atoms in total. The van der Waals surface area contributed by atoms with Gasteiger partial charge in [-0.15, -0.1) is 0 Å². The van der Waals surface area contributed by atoms with Crippen LogP contribution in [0.3, 0.4) is 0 Å². The average molecular weight is 425 g/mol. The highest BCUT2D eigenvalue weighted by Crippen LogP contribution is 2.33. The van der Waals surface area contributed by atoms with E-state index in [4.69, 9.17) is 9.47 Å². The number of aryl methyl sites for hydroxylation is 1. The Bertz CT molecular complexity index is 1160. The number of hydrogen-bond donors (Lipinski definition) is 2. The summed E-state index contributed by atoms with van der Waals surface area (Å²) in [5, 5.41) is 3.54. The molecule has 2 N–H and O–H groups in total. The first-order valence-corrected chi connectivity index (χ1v) is 10.0. The third kappa shape index (κ3) is 3.93. The van der Waals surface area contributed by atoms with Gasteiger partial charge in [-0.05, 0) is 55.7 Å². The number of aromatic nitrogens is 1. The molecule has 0 bridgehead atoms. The molecule has 8 heteroatoms. The Balaban J connectivity index is 1.64. The summed E-state index contributed by atoms with van der Waals surface area (Å²) in [5.74, 6) is -0.535. The van der Waals surface area contributed by atoms with E-state index in [0.717, 1.165) is 24.1 Å². The summed E-state index contributed by atoms with van der Waals surface area (Å²) in [4.78, 5) is 30.3. The van der Waals surface area contributed by atoms with E-state index < -0.39 is 5.97 Å². The second-order valence-corrected chi connectivity index (χ2v) is 7.61. The Hall–Kier alpha value is -3.55. The Kier molecular flexibility index (Phi) is 5.54. The van der Waals surface area contributed by atoms with Crippen molar-refractivity contribution in [3.8, 4) is 5.75 Å². The zero-order valence-electron chi connectivity index (χ0n) is 17.6. The fraction of sp³-hybridized carbons (Fsp3) is 0.304. The van der Waals surface area contributed by atoms with Crippen LogP contribution in [0, 0.1) is 5.82 Å². The lowest BCUT2D eigenvalue weighted by Crippen LogP contribution is -2.42. The number of aromatic amines is 1. The SMILES string of the molecule is COC(=O)c1[nH]c2cc(OC)ccc2c1NC(=O)CN1c2ccc(F)cc2CC[C@@H]1C.